The number of ether oxygens (including phenoxy) is 1. The Labute approximate surface area is 64.4 Å². The van der Waals surface area contributed by atoms with Gasteiger partial charge >= 0.3 is 0 Å². The van der Waals surface area contributed by atoms with Crippen LogP contribution in [0.4, 0.5) is 0 Å². The molecule has 0 aromatic carbocycles. The minimum Gasteiger partial charge on any atom is -0.381 e. The number of hydrogen-bond acceptors (Lipinski definition) is 2. The molecule has 1 heterocycles. The van der Waals surface area contributed by atoms with Gasteiger partial charge in [0.2, 0.25) is 0 Å². The van der Waals surface area contributed by atoms with E-state index in [-0.39, 0.29) is 1.43 Å². The van der Waals surface area contributed by atoms with Gasteiger partial charge in [-0.05, 0) is 19.9 Å². The summed E-state index contributed by atoms with van der Waals surface area (Å²) < 4.78 is 5.10. The van der Waals surface area contributed by atoms with Crippen molar-refractivity contribution >= 4 is 0 Å². The molecule has 62 valence electrons. The smallest absolute Gasteiger partial charge is 0.0531 e. The van der Waals surface area contributed by atoms with Gasteiger partial charge in [-0.25, -0.2) is 0 Å². The van der Waals surface area contributed by atoms with Crippen molar-refractivity contribution < 1.29 is 6.16 Å². The number of rotatable bonds is 4. The van der Waals surface area contributed by atoms with E-state index in [0.717, 1.165) is 25.7 Å². The predicted molar refractivity (Wildman–Crippen MR) is 44.2 cm³/mol. The van der Waals surface area contributed by atoms with Gasteiger partial charge in [0.15, 0.2) is 0 Å². The SMILES string of the molecule is CCCNC(C)C1COC1.[HH]. The van der Waals surface area contributed by atoms with Crippen molar-refractivity contribution in [3.63, 3.8) is 0 Å². The lowest BCUT2D eigenvalue weighted by Gasteiger charge is -2.32. The molecule has 0 aliphatic carbocycles. The van der Waals surface area contributed by atoms with Crippen molar-refractivity contribution in [3.8, 4) is 0 Å². The van der Waals surface area contributed by atoms with Crippen LogP contribution in [0.5, 0.6) is 0 Å². The minimum absolute atomic E-state index is 0. The highest BCUT2D eigenvalue weighted by atomic mass is 16.5. The van der Waals surface area contributed by atoms with E-state index in [0.29, 0.717) is 6.04 Å². The molecule has 0 amide bonds. The van der Waals surface area contributed by atoms with Crippen LogP contribution in [0.15, 0.2) is 0 Å². The second-order valence-electron chi connectivity index (χ2n) is 3.04. The monoisotopic (exact) mass is 145 g/mol. The fourth-order valence-corrected chi connectivity index (χ4v) is 1.08. The predicted octanol–water partition coefficient (Wildman–Crippen LogP) is 1.27. The molecule has 1 aliphatic heterocycles. The van der Waals surface area contributed by atoms with Crippen LogP contribution >= 0.6 is 0 Å². The Kier molecular flexibility index (Phi) is 3.16. The molecular formula is C8H19NO. The average Bonchev–Trinajstić information content (AvgIpc) is 1.79. The number of hydrogen-bond donors (Lipinski definition) is 1. The highest BCUT2D eigenvalue weighted by Gasteiger charge is 2.23. The number of nitrogens with one attached hydrogen (secondary N) is 1. The summed E-state index contributed by atoms with van der Waals surface area (Å²) in [5.41, 5.74) is 0. The Balaban J connectivity index is 0.000001000. The third-order valence-corrected chi connectivity index (χ3v) is 2.09. The molecule has 0 spiro atoms. The lowest BCUT2D eigenvalue weighted by atomic mass is 10.00. The quantitative estimate of drug-likeness (QED) is 0.643. The molecule has 1 aliphatic rings. The standard InChI is InChI=1S/C8H17NO.H2/c1-3-4-9-7(2)8-5-10-6-8;/h7-9H,3-6H2,1-2H3;1H. The Morgan fingerprint density at radius 2 is 2.40 bits per heavy atom. The van der Waals surface area contributed by atoms with Crippen LogP contribution in [0, 0.1) is 5.92 Å². The zero-order chi connectivity index (χ0) is 7.40. The molecule has 1 atom stereocenters. The van der Waals surface area contributed by atoms with Gasteiger partial charge in [0.05, 0.1) is 13.2 Å². The van der Waals surface area contributed by atoms with Crippen LogP contribution in [0.25, 0.3) is 0 Å². The van der Waals surface area contributed by atoms with Crippen LogP contribution in [0.3, 0.4) is 0 Å². The molecule has 1 saturated heterocycles. The van der Waals surface area contributed by atoms with Crippen molar-refractivity contribution in [2.24, 2.45) is 5.92 Å². The third-order valence-electron chi connectivity index (χ3n) is 2.09. The van der Waals surface area contributed by atoms with E-state index >= 15 is 0 Å². The lowest BCUT2D eigenvalue weighted by Crippen LogP contribution is -2.44. The van der Waals surface area contributed by atoms with E-state index in [9.17, 15) is 0 Å². The van der Waals surface area contributed by atoms with E-state index in [4.69, 9.17) is 4.74 Å². The lowest BCUT2D eigenvalue weighted by molar-refractivity contribution is -0.0464. The van der Waals surface area contributed by atoms with Crippen molar-refractivity contribution in [2.75, 3.05) is 19.8 Å². The average molecular weight is 145 g/mol. The van der Waals surface area contributed by atoms with Gasteiger partial charge < -0.3 is 10.1 Å². The van der Waals surface area contributed by atoms with Crippen LogP contribution in [0.1, 0.15) is 21.7 Å². The van der Waals surface area contributed by atoms with E-state index < -0.39 is 0 Å². The van der Waals surface area contributed by atoms with Crippen LogP contribution in [-0.2, 0) is 4.74 Å². The van der Waals surface area contributed by atoms with Crippen molar-refractivity contribution in [2.45, 2.75) is 26.3 Å². The third kappa shape index (κ3) is 1.96. The van der Waals surface area contributed by atoms with Gasteiger partial charge in [-0.15, -0.1) is 0 Å². The summed E-state index contributed by atoms with van der Waals surface area (Å²) in [7, 11) is 0. The zero-order valence-corrected chi connectivity index (χ0v) is 6.89. The first kappa shape index (κ1) is 8.02. The molecule has 0 bridgehead atoms. The molecule has 10 heavy (non-hydrogen) atoms. The van der Waals surface area contributed by atoms with Gasteiger partial charge in [0.1, 0.15) is 0 Å². The molecule has 1 fully saturated rings. The zero-order valence-electron chi connectivity index (χ0n) is 6.89. The first-order valence-electron chi connectivity index (χ1n) is 4.15. The van der Waals surface area contributed by atoms with Gasteiger partial charge in [-0.3, -0.25) is 0 Å². The summed E-state index contributed by atoms with van der Waals surface area (Å²) in [6.07, 6.45) is 1.22. The van der Waals surface area contributed by atoms with Crippen LogP contribution in [0.2, 0.25) is 0 Å². The summed E-state index contributed by atoms with van der Waals surface area (Å²) in [6, 6.07) is 0.647. The molecule has 1 N–H and O–H groups in total. The van der Waals surface area contributed by atoms with Gasteiger partial charge in [0, 0.05) is 13.4 Å². The van der Waals surface area contributed by atoms with E-state index in [1.54, 1.807) is 0 Å². The Bertz CT molecular complexity index is 96.1. The van der Waals surface area contributed by atoms with E-state index in [1.807, 2.05) is 0 Å². The molecule has 2 nitrogen and oxygen atoms in total. The largest absolute Gasteiger partial charge is 0.381 e. The Morgan fingerprint density at radius 1 is 1.70 bits per heavy atom. The topological polar surface area (TPSA) is 21.3 Å². The first-order valence-corrected chi connectivity index (χ1v) is 4.15. The molecular weight excluding hydrogens is 126 g/mol. The van der Waals surface area contributed by atoms with Crippen molar-refractivity contribution in [1.29, 1.82) is 0 Å². The summed E-state index contributed by atoms with van der Waals surface area (Å²) in [5.74, 6) is 0.770. The fraction of sp³-hybridized carbons (Fsp3) is 1.00. The highest BCUT2D eigenvalue weighted by Crippen LogP contribution is 2.13. The minimum atomic E-state index is 0. The molecule has 1 rings (SSSR count). The molecule has 0 saturated carbocycles. The van der Waals surface area contributed by atoms with Crippen molar-refractivity contribution in [1.82, 2.24) is 5.32 Å². The highest BCUT2D eigenvalue weighted by molar-refractivity contribution is 4.76. The summed E-state index contributed by atoms with van der Waals surface area (Å²) in [5, 5.41) is 3.45. The second-order valence-corrected chi connectivity index (χ2v) is 3.04. The summed E-state index contributed by atoms with van der Waals surface area (Å²) >= 11 is 0. The van der Waals surface area contributed by atoms with Crippen molar-refractivity contribution in [3.05, 3.63) is 0 Å². The van der Waals surface area contributed by atoms with Crippen LogP contribution in [-0.4, -0.2) is 25.8 Å². The van der Waals surface area contributed by atoms with Gasteiger partial charge in [-0.1, -0.05) is 6.92 Å². The van der Waals surface area contributed by atoms with Gasteiger partial charge in [0.25, 0.3) is 0 Å². The maximum atomic E-state index is 5.10. The Hall–Kier alpha value is -0.0800. The summed E-state index contributed by atoms with van der Waals surface area (Å²) in [6.45, 7) is 7.48. The molecule has 0 aromatic heterocycles. The van der Waals surface area contributed by atoms with E-state index in [1.165, 1.54) is 6.42 Å². The normalized spacial score (nSPS) is 22.2. The molecule has 1 unspecified atom stereocenters. The van der Waals surface area contributed by atoms with Gasteiger partial charge in [-0.2, -0.15) is 0 Å². The maximum absolute atomic E-state index is 5.10. The Morgan fingerprint density at radius 3 is 2.80 bits per heavy atom. The van der Waals surface area contributed by atoms with Crippen LogP contribution < -0.4 is 5.32 Å². The molecule has 0 radical (unpaired) electrons. The first-order chi connectivity index (χ1) is 4.84. The maximum Gasteiger partial charge on any atom is 0.0531 e. The molecule has 2 heteroatoms. The van der Waals surface area contributed by atoms with E-state index in [2.05, 4.69) is 19.2 Å². The second kappa shape index (κ2) is 3.94. The molecule has 0 aromatic rings. The fourth-order valence-electron chi connectivity index (χ4n) is 1.08. The summed E-state index contributed by atoms with van der Waals surface area (Å²) in [4.78, 5) is 0.